The van der Waals surface area contributed by atoms with Crippen LogP contribution >= 0.6 is 0 Å². The molecule has 0 aliphatic carbocycles. The van der Waals surface area contributed by atoms with Gasteiger partial charge in [0.25, 0.3) is 5.91 Å². The van der Waals surface area contributed by atoms with Gasteiger partial charge in [0, 0.05) is 25.8 Å². The summed E-state index contributed by atoms with van der Waals surface area (Å²) in [6.07, 6.45) is 0.0905. The van der Waals surface area contributed by atoms with Gasteiger partial charge >= 0.3 is 0 Å². The van der Waals surface area contributed by atoms with E-state index in [1.165, 1.54) is 16.3 Å². The third-order valence-corrected chi connectivity index (χ3v) is 4.82. The lowest BCUT2D eigenvalue weighted by Crippen LogP contribution is -2.54. The molecular formula is C20H21N3O2. The lowest BCUT2D eigenvalue weighted by atomic mass is 10.1. The minimum atomic E-state index is -0.0197. The van der Waals surface area contributed by atoms with Crippen molar-refractivity contribution >= 4 is 16.7 Å². The Morgan fingerprint density at radius 2 is 1.96 bits per heavy atom. The van der Waals surface area contributed by atoms with E-state index in [0.29, 0.717) is 25.4 Å². The topological polar surface area (TPSA) is 47.4 Å². The predicted octanol–water partition coefficient (Wildman–Crippen LogP) is 2.92. The van der Waals surface area contributed by atoms with Gasteiger partial charge in [-0.3, -0.25) is 9.48 Å². The Morgan fingerprint density at radius 1 is 1.20 bits per heavy atom. The fourth-order valence-electron chi connectivity index (χ4n) is 3.16. The quantitative estimate of drug-likeness (QED) is 0.736. The van der Waals surface area contributed by atoms with E-state index in [0.717, 1.165) is 5.69 Å². The number of hydrogen-bond acceptors (Lipinski definition) is 3. The lowest BCUT2D eigenvalue weighted by molar-refractivity contribution is -0.0501. The summed E-state index contributed by atoms with van der Waals surface area (Å²) in [5.74, 6) is -0.0197. The van der Waals surface area contributed by atoms with E-state index in [1.807, 2.05) is 32.2 Å². The summed E-state index contributed by atoms with van der Waals surface area (Å²) < 4.78 is 7.72. The zero-order valence-corrected chi connectivity index (χ0v) is 14.5. The van der Waals surface area contributed by atoms with Crippen LogP contribution < -0.4 is 0 Å². The molecule has 25 heavy (non-hydrogen) atoms. The SMILES string of the molecule is Cc1cc(C(=O)N2CC(OCc3cccc4ccccc34)C2)nn1C. The van der Waals surface area contributed by atoms with Crippen molar-refractivity contribution in [1.82, 2.24) is 14.7 Å². The Labute approximate surface area is 146 Å². The number of nitrogens with zero attached hydrogens (tertiary/aromatic N) is 3. The average molecular weight is 335 g/mol. The Kier molecular flexibility index (Phi) is 4.01. The predicted molar refractivity (Wildman–Crippen MR) is 96.4 cm³/mol. The van der Waals surface area contributed by atoms with Crippen LogP contribution in [-0.4, -0.2) is 39.8 Å². The minimum absolute atomic E-state index is 0.0197. The Morgan fingerprint density at radius 3 is 2.72 bits per heavy atom. The molecule has 0 atom stereocenters. The lowest BCUT2D eigenvalue weighted by Gasteiger charge is -2.38. The van der Waals surface area contributed by atoms with Crippen molar-refractivity contribution in [3.05, 3.63) is 65.5 Å². The highest BCUT2D eigenvalue weighted by Crippen LogP contribution is 2.22. The molecule has 2 aromatic carbocycles. The number of amides is 1. The van der Waals surface area contributed by atoms with Crippen molar-refractivity contribution in [3.63, 3.8) is 0 Å². The van der Waals surface area contributed by atoms with Gasteiger partial charge in [-0.1, -0.05) is 42.5 Å². The summed E-state index contributed by atoms with van der Waals surface area (Å²) in [4.78, 5) is 14.2. The molecule has 0 spiro atoms. The number of hydrogen-bond donors (Lipinski definition) is 0. The molecule has 0 saturated carbocycles. The van der Waals surface area contributed by atoms with E-state index in [4.69, 9.17) is 4.74 Å². The van der Waals surface area contributed by atoms with Gasteiger partial charge in [-0.25, -0.2) is 0 Å². The normalized spacial score (nSPS) is 14.7. The first-order chi connectivity index (χ1) is 12.1. The molecule has 0 N–H and O–H groups in total. The highest BCUT2D eigenvalue weighted by atomic mass is 16.5. The molecule has 1 amide bonds. The summed E-state index contributed by atoms with van der Waals surface area (Å²) in [5.41, 5.74) is 2.67. The standard InChI is InChI=1S/C20H21N3O2/c1-14-10-19(21-22(14)2)20(24)23-11-17(12-23)25-13-16-8-5-7-15-6-3-4-9-18(15)16/h3-10,17H,11-13H2,1-2H3. The van der Waals surface area contributed by atoms with Crippen molar-refractivity contribution < 1.29 is 9.53 Å². The molecule has 2 heterocycles. The van der Waals surface area contributed by atoms with Gasteiger partial charge in [-0.2, -0.15) is 5.10 Å². The van der Waals surface area contributed by atoms with E-state index >= 15 is 0 Å². The first-order valence-electron chi connectivity index (χ1n) is 8.50. The second-order valence-electron chi connectivity index (χ2n) is 6.58. The number of rotatable bonds is 4. The van der Waals surface area contributed by atoms with Crippen molar-refractivity contribution in [2.75, 3.05) is 13.1 Å². The van der Waals surface area contributed by atoms with Gasteiger partial charge in [0.2, 0.25) is 0 Å². The average Bonchev–Trinajstić information content (AvgIpc) is 2.92. The summed E-state index contributed by atoms with van der Waals surface area (Å²) in [7, 11) is 1.85. The number of fused-ring (bicyclic) bond motifs is 1. The molecule has 1 fully saturated rings. The smallest absolute Gasteiger partial charge is 0.274 e. The van der Waals surface area contributed by atoms with Crippen LogP contribution in [0.1, 0.15) is 21.7 Å². The molecule has 1 aliphatic heterocycles. The first-order valence-corrected chi connectivity index (χ1v) is 8.50. The number of carbonyl (C=O) groups excluding carboxylic acids is 1. The molecule has 1 saturated heterocycles. The minimum Gasteiger partial charge on any atom is -0.370 e. The van der Waals surface area contributed by atoms with Gasteiger partial charge in [-0.05, 0) is 29.3 Å². The van der Waals surface area contributed by atoms with E-state index in [9.17, 15) is 4.79 Å². The molecule has 1 aromatic heterocycles. The van der Waals surface area contributed by atoms with E-state index in [-0.39, 0.29) is 12.0 Å². The summed E-state index contributed by atoms with van der Waals surface area (Å²) in [6.45, 7) is 3.76. The molecule has 5 nitrogen and oxygen atoms in total. The highest BCUT2D eigenvalue weighted by molar-refractivity contribution is 5.93. The summed E-state index contributed by atoms with van der Waals surface area (Å²) in [5, 5.41) is 6.70. The molecule has 4 rings (SSSR count). The molecule has 1 aliphatic rings. The van der Waals surface area contributed by atoms with Crippen molar-refractivity contribution in [2.45, 2.75) is 19.6 Å². The van der Waals surface area contributed by atoms with Crippen LogP contribution in [-0.2, 0) is 18.4 Å². The van der Waals surface area contributed by atoms with Crippen molar-refractivity contribution in [2.24, 2.45) is 7.05 Å². The van der Waals surface area contributed by atoms with Crippen LogP contribution in [0.2, 0.25) is 0 Å². The number of aromatic nitrogens is 2. The van der Waals surface area contributed by atoms with Crippen LogP contribution in [0.4, 0.5) is 0 Å². The Hall–Kier alpha value is -2.66. The largest absolute Gasteiger partial charge is 0.370 e. The second kappa shape index (κ2) is 6.33. The third-order valence-electron chi connectivity index (χ3n) is 4.82. The maximum atomic E-state index is 12.4. The van der Waals surface area contributed by atoms with Crippen LogP contribution in [0.5, 0.6) is 0 Å². The molecular weight excluding hydrogens is 314 g/mol. The van der Waals surface area contributed by atoms with Gasteiger partial charge in [-0.15, -0.1) is 0 Å². The number of carbonyl (C=O) groups is 1. The maximum Gasteiger partial charge on any atom is 0.274 e. The fourth-order valence-corrected chi connectivity index (χ4v) is 3.16. The maximum absolute atomic E-state index is 12.4. The van der Waals surface area contributed by atoms with E-state index in [1.54, 1.807) is 9.58 Å². The number of aryl methyl sites for hydroxylation is 2. The molecule has 0 radical (unpaired) electrons. The zero-order chi connectivity index (χ0) is 17.4. The summed E-state index contributed by atoms with van der Waals surface area (Å²) >= 11 is 0. The molecule has 0 unspecified atom stereocenters. The molecule has 5 heteroatoms. The first kappa shape index (κ1) is 15.8. The van der Waals surface area contributed by atoms with Crippen molar-refractivity contribution in [1.29, 1.82) is 0 Å². The third kappa shape index (κ3) is 3.03. The van der Waals surface area contributed by atoms with E-state index in [2.05, 4.69) is 35.4 Å². The van der Waals surface area contributed by atoms with Gasteiger partial charge in [0.1, 0.15) is 0 Å². The summed E-state index contributed by atoms with van der Waals surface area (Å²) in [6, 6.07) is 16.4. The van der Waals surface area contributed by atoms with Crippen molar-refractivity contribution in [3.8, 4) is 0 Å². The zero-order valence-electron chi connectivity index (χ0n) is 14.5. The van der Waals surface area contributed by atoms with Crippen LogP contribution in [0, 0.1) is 6.92 Å². The molecule has 128 valence electrons. The molecule has 0 bridgehead atoms. The van der Waals surface area contributed by atoms with E-state index < -0.39 is 0 Å². The Bertz CT molecular complexity index is 901. The monoisotopic (exact) mass is 335 g/mol. The second-order valence-corrected chi connectivity index (χ2v) is 6.58. The van der Waals surface area contributed by atoms with Gasteiger partial charge in [0.15, 0.2) is 5.69 Å². The fraction of sp³-hybridized carbons (Fsp3) is 0.300. The highest BCUT2D eigenvalue weighted by Gasteiger charge is 2.33. The van der Waals surface area contributed by atoms with Crippen LogP contribution in [0.3, 0.4) is 0 Å². The van der Waals surface area contributed by atoms with Crippen LogP contribution in [0.15, 0.2) is 48.5 Å². The number of benzene rings is 2. The van der Waals surface area contributed by atoms with Gasteiger partial charge in [0.05, 0.1) is 12.7 Å². The van der Waals surface area contributed by atoms with Crippen LogP contribution in [0.25, 0.3) is 10.8 Å². The van der Waals surface area contributed by atoms with Gasteiger partial charge < -0.3 is 9.64 Å². The molecule has 3 aromatic rings. The number of likely N-dealkylation sites (tertiary alicyclic amines) is 1. The Balaban J connectivity index is 1.35. The number of ether oxygens (including phenoxy) is 1.